The monoisotopic (exact) mass is 559 g/mol. The van der Waals surface area contributed by atoms with Crippen LogP contribution in [0.1, 0.15) is 41.7 Å². The molecule has 0 bridgehead atoms. The first kappa shape index (κ1) is 27.9. The topological polar surface area (TPSA) is 124 Å². The van der Waals surface area contributed by atoms with Crippen LogP contribution >= 0.6 is 23.2 Å². The Balaban J connectivity index is 1.98. The van der Waals surface area contributed by atoms with Crippen LogP contribution in [0.4, 0.5) is 4.39 Å². The molecule has 3 rings (SSSR count). The van der Waals surface area contributed by atoms with Crippen LogP contribution in [0, 0.1) is 5.82 Å². The Morgan fingerprint density at radius 2 is 1.78 bits per heavy atom. The average molecular weight is 560 g/mol. The summed E-state index contributed by atoms with van der Waals surface area (Å²) in [6, 6.07) is 7.90. The molecule has 2 amide bonds. The minimum absolute atomic E-state index is 0.0831. The summed E-state index contributed by atoms with van der Waals surface area (Å²) in [6.07, 6.45) is -1.84. The van der Waals surface area contributed by atoms with Crippen molar-refractivity contribution >= 4 is 51.0 Å². The standard InChI is InChI=1S/C23H24Cl2FN3O6S/c1-2-11-36(34,35)29-10-9-28(23(33)15-5-8-17(24)18(25)12-15)22(29)21(32)27-19(13-20(30)31)14-3-6-16(26)7-4-14/h3-8,12,19,22H,2,9-11,13H2,1H3,(H,27,32)(H,30,31). The minimum Gasteiger partial charge on any atom is -0.481 e. The van der Waals surface area contributed by atoms with E-state index in [0.29, 0.717) is 5.56 Å². The molecule has 9 nitrogen and oxygen atoms in total. The van der Waals surface area contributed by atoms with Gasteiger partial charge in [-0.2, -0.15) is 4.31 Å². The van der Waals surface area contributed by atoms with Gasteiger partial charge < -0.3 is 15.3 Å². The molecule has 1 aliphatic heterocycles. The lowest BCUT2D eigenvalue weighted by Crippen LogP contribution is -2.54. The maximum absolute atomic E-state index is 13.5. The molecule has 2 aromatic rings. The highest BCUT2D eigenvalue weighted by Crippen LogP contribution is 2.27. The molecule has 1 aliphatic rings. The summed E-state index contributed by atoms with van der Waals surface area (Å²) in [5.41, 5.74) is 0.396. The highest BCUT2D eigenvalue weighted by molar-refractivity contribution is 7.89. The van der Waals surface area contributed by atoms with Gasteiger partial charge in [0.05, 0.1) is 28.3 Å². The molecule has 1 heterocycles. The molecule has 0 spiro atoms. The van der Waals surface area contributed by atoms with Gasteiger partial charge in [0.2, 0.25) is 10.0 Å². The summed E-state index contributed by atoms with van der Waals surface area (Å²) >= 11 is 12.0. The van der Waals surface area contributed by atoms with Crippen LogP contribution in [0.25, 0.3) is 0 Å². The Labute approximate surface area is 217 Å². The zero-order valence-corrected chi connectivity index (χ0v) is 21.5. The van der Waals surface area contributed by atoms with E-state index < -0.39 is 52.3 Å². The number of halogens is 3. The third kappa shape index (κ3) is 6.33. The Kier molecular flexibility index (Phi) is 8.93. The summed E-state index contributed by atoms with van der Waals surface area (Å²) < 4.78 is 40.2. The number of nitrogens with one attached hydrogen (secondary N) is 1. The molecule has 1 fully saturated rings. The van der Waals surface area contributed by atoms with Crippen molar-refractivity contribution in [3.63, 3.8) is 0 Å². The molecule has 1 saturated heterocycles. The zero-order chi connectivity index (χ0) is 26.6. The number of rotatable bonds is 9. The van der Waals surface area contributed by atoms with Gasteiger partial charge in [-0.3, -0.25) is 14.4 Å². The SMILES string of the molecule is CCCS(=O)(=O)N1CCN(C(=O)c2ccc(Cl)c(Cl)c2)C1C(=O)NC(CC(=O)O)c1ccc(F)cc1. The number of nitrogens with zero attached hydrogens (tertiary/aromatic N) is 2. The minimum atomic E-state index is -3.93. The molecule has 2 unspecified atom stereocenters. The fraction of sp³-hybridized carbons (Fsp3) is 0.348. The Morgan fingerprint density at radius 1 is 1.11 bits per heavy atom. The number of hydrogen-bond donors (Lipinski definition) is 2. The highest BCUT2D eigenvalue weighted by atomic mass is 35.5. The lowest BCUT2D eigenvalue weighted by atomic mass is 10.0. The molecule has 0 radical (unpaired) electrons. The van der Waals surface area contributed by atoms with Gasteiger partial charge >= 0.3 is 5.97 Å². The van der Waals surface area contributed by atoms with Gasteiger partial charge in [0.25, 0.3) is 11.8 Å². The number of aliphatic carboxylic acids is 1. The average Bonchev–Trinajstić information content (AvgIpc) is 3.26. The van der Waals surface area contributed by atoms with Crippen LogP contribution < -0.4 is 5.32 Å². The molecule has 36 heavy (non-hydrogen) atoms. The van der Waals surface area contributed by atoms with E-state index >= 15 is 0 Å². The van der Waals surface area contributed by atoms with Gasteiger partial charge in [-0.25, -0.2) is 12.8 Å². The zero-order valence-electron chi connectivity index (χ0n) is 19.2. The molecule has 2 atom stereocenters. The number of amides is 2. The van der Waals surface area contributed by atoms with Gasteiger partial charge in [-0.1, -0.05) is 42.3 Å². The molecular weight excluding hydrogens is 536 g/mol. The molecule has 2 aromatic carbocycles. The lowest BCUT2D eigenvalue weighted by molar-refractivity contribution is -0.138. The van der Waals surface area contributed by atoms with Crippen LogP contribution in [0.15, 0.2) is 42.5 Å². The lowest BCUT2D eigenvalue weighted by Gasteiger charge is -2.30. The highest BCUT2D eigenvalue weighted by Gasteiger charge is 2.46. The summed E-state index contributed by atoms with van der Waals surface area (Å²) in [7, 11) is -3.93. The maximum atomic E-state index is 13.5. The maximum Gasteiger partial charge on any atom is 0.305 e. The van der Waals surface area contributed by atoms with Crippen molar-refractivity contribution in [2.24, 2.45) is 0 Å². The van der Waals surface area contributed by atoms with Crippen LogP contribution in [0.5, 0.6) is 0 Å². The number of carbonyl (C=O) groups excluding carboxylic acids is 2. The summed E-state index contributed by atoms with van der Waals surface area (Å²) in [5.74, 6) is -3.58. The van der Waals surface area contributed by atoms with Crippen LogP contribution in [0.3, 0.4) is 0 Å². The van der Waals surface area contributed by atoms with E-state index in [2.05, 4.69) is 5.32 Å². The second-order valence-corrected chi connectivity index (χ2v) is 11.0. The normalized spacial score (nSPS) is 17.1. The van der Waals surface area contributed by atoms with Gasteiger partial charge in [0.1, 0.15) is 5.82 Å². The second-order valence-electron chi connectivity index (χ2n) is 8.14. The van der Waals surface area contributed by atoms with Crippen LogP contribution in [0.2, 0.25) is 10.0 Å². The fourth-order valence-corrected chi connectivity index (χ4v) is 5.84. The van der Waals surface area contributed by atoms with Gasteiger partial charge in [-0.05, 0) is 42.3 Å². The van der Waals surface area contributed by atoms with E-state index in [4.69, 9.17) is 23.2 Å². The third-order valence-electron chi connectivity index (χ3n) is 5.58. The number of hydrogen-bond acceptors (Lipinski definition) is 5. The number of benzene rings is 2. The van der Waals surface area contributed by atoms with Crippen molar-refractivity contribution in [2.45, 2.75) is 32.0 Å². The molecule has 13 heteroatoms. The first-order chi connectivity index (χ1) is 16.9. The Bertz CT molecular complexity index is 1260. The van der Waals surface area contributed by atoms with Gasteiger partial charge in [0, 0.05) is 18.7 Å². The Morgan fingerprint density at radius 3 is 2.36 bits per heavy atom. The molecule has 194 valence electrons. The van der Waals surface area contributed by atoms with E-state index in [9.17, 15) is 32.3 Å². The summed E-state index contributed by atoms with van der Waals surface area (Å²) in [5, 5.41) is 12.2. The number of carboxylic acids is 1. The number of carbonyl (C=O) groups is 3. The van der Waals surface area contributed by atoms with Gasteiger partial charge in [0.15, 0.2) is 6.17 Å². The van der Waals surface area contributed by atoms with Crippen molar-refractivity contribution in [3.8, 4) is 0 Å². The van der Waals surface area contributed by atoms with E-state index in [0.717, 1.165) is 21.3 Å². The van der Waals surface area contributed by atoms with Gasteiger partial charge in [-0.15, -0.1) is 0 Å². The second kappa shape index (κ2) is 11.5. The molecule has 0 aliphatic carbocycles. The van der Waals surface area contributed by atoms with Crippen molar-refractivity contribution in [1.82, 2.24) is 14.5 Å². The van der Waals surface area contributed by atoms with E-state index in [-0.39, 0.29) is 40.9 Å². The van der Waals surface area contributed by atoms with Crippen molar-refractivity contribution in [2.75, 3.05) is 18.8 Å². The molecular formula is C23H24Cl2FN3O6S. The molecule has 0 aromatic heterocycles. The van der Waals surface area contributed by atoms with E-state index in [1.165, 1.54) is 30.3 Å². The predicted octanol–water partition coefficient (Wildman–Crippen LogP) is 3.29. The first-order valence-corrected chi connectivity index (χ1v) is 13.3. The quantitative estimate of drug-likeness (QED) is 0.485. The number of carboxylic acid groups (broad SMARTS) is 1. The van der Waals surface area contributed by atoms with Crippen LogP contribution in [-0.2, 0) is 19.6 Å². The third-order valence-corrected chi connectivity index (χ3v) is 8.34. The van der Waals surface area contributed by atoms with Crippen molar-refractivity contribution < 1.29 is 32.3 Å². The fourth-order valence-electron chi connectivity index (χ4n) is 3.92. The van der Waals surface area contributed by atoms with E-state index in [1.807, 2.05) is 0 Å². The van der Waals surface area contributed by atoms with Crippen molar-refractivity contribution in [1.29, 1.82) is 0 Å². The largest absolute Gasteiger partial charge is 0.481 e. The summed E-state index contributed by atoms with van der Waals surface area (Å²) in [6.45, 7) is 1.45. The molecule has 2 N–H and O–H groups in total. The first-order valence-electron chi connectivity index (χ1n) is 11.0. The predicted molar refractivity (Wildman–Crippen MR) is 132 cm³/mol. The van der Waals surface area contributed by atoms with Crippen molar-refractivity contribution in [3.05, 3.63) is 69.5 Å². The summed E-state index contributed by atoms with van der Waals surface area (Å²) in [4.78, 5) is 39.3. The molecule has 0 saturated carbocycles. The van der Waals surface area contributed by atoms with E-state index in [1.54, 1.807) is 6.92 Å². The Hall–Kier alpha value is -2.73. The number of sulfonamides is 1. The smallest absolute Gasteiger partial charge is 0.305 e. The van der Waals surface area contributed by atoms with Crippen LogP contribution in [-0.4, -0.2) is 65.5 Å².